The van der Waals surface area contributed by atoms with E-state index >= 15 is 0 Å². The lowest BCUT2D eigenvalue weighted by Crippen LogP contribution is -2.20. The van der Waals surface area contributed by atoms with Gasteiger partial charge in [0.15, 0.2) is 4.96 Å². The van der Waals surface area contributed by atoms with Crippen molar-refractivity contribution in [3.8, 4) is 5.75 Å². The van der Waals surface area contributed by atoms with Gasteiger partial charge in [0.1, 0.15) is 0 Å². The van der Waals surface area contributed by atoms with Crippen LogP contribution in [0, 0.1) is 13.8 Å². The van der Waals surface area contributed by atoms with Gasteiger partial charge in [-0.3, -0.25) is 4.79 Å². The van der Waals surface area contributed by atoms with Crippen molar-refractivity contribution in [2.75, 3.05) is 6.61 Å². The van der Waals surface area contributed by atoms with Crippen molar-refractivity contribution >= 4 is 32.7 Å². The van der Waals surface area contributed by atoms with E-state index in [1.54, 1.807) is 6.92 Å². The van der Waals surface area contributed by atoms with Gasteiger partial charge in [0.25, 0.3) is 0 Å². The quantitative estimate of drug-likeness (QED) is 0.679. The van der Waals surface area contributed by atoms with Gasteiger partial charge < -0.3 is 9.47 Å². The zero-order valence-corrected chi connectivity index (χ0v) is 13.2. The van der Waals surface area contributed by atoms with Gasteiger partial charge in [0.05, 0.1) is 23.0 Å². The number of carbonyl (C=O) groups is 1. The monoisotopic (exact) mass is 318 g/mol. The van der Waals surface area contributed by atoms with Crippen LogP contribution < -0.4 is 10.3 Å². The molecule has 0 fully saturated rings. The zero-order valence-electron chi connectivity index (χ0n) is 12.4. The summed E-state index contributed by atoms with van der Waals surface area (Å²) in [5.74, 6) is -0.145. The first-order chi connectivity index (χ1) is 10.5. The highest BCUT2D eigenvalue weighted by molar-refractivity contribution is 7.23. The van der Waals surface area contributed by atoms with Gasteiger partial charge >= 0.3 is 11.7 Å². The third kappa shape index (κ3) is 2.33. The van der Waals surface area contributed by atoms with Crippen LogP contribution in [0.1, 0.15) is 18.1 Å². The zero-order chi connectivity index (χ0) is 15.9. The van der Waals surface area contributed by atoms with Gasteiger partial charge in [0, 0.05) is 0 Å². The van der Waals surface area contributed by atoms with Crippen LogP contribution in [0.5, 0.6) is 5.75 Å². The fourth-order valence-electron chi connectivity index (χ4n) is 2.14. The lowest BCUT2D eigenvalue weighted by molar-refractivity contribution is 0.103. The maximum absolute atomic E-state index is 12.5. The number of ether oxygens (including phenoxy) is 2. The Balaban J connectivity index is 2.21. The Bertz CT molecular complexity index is 942. The Labute approximate surface area is 129 Å². The maximum atomic E-state index is 12.5. The number of rotatable bonds is 2. The van der Waals surface area contributed by atoms with Crippen molar-refractivity contribution in [3.63, 3.8) is 0 Å². The minimum Gasteiger partial charge on any atom is -0.434 e. The number of carbonyl (C=O) groups excluding carboxylic acids is 1. The van der Waals surface area contributed by atoms with Crippen LogP contribution in [0.2, 0.25) is 0 Å². The topological polar surface area (TPSA) is 69.9 Å². The van der Waals surface area contributed by atoms with Gasteiger partial charge in [0.2, 0.25) is 5.75 Å². The number of aromatic nitrogens is 2. The van der Waals surface area contributed by atoms with Gasteiger partial charge in [-0.2, -0.15) is 0 Å². The normalized spacial score (nSPS) is 11.0. The molecule has 0 atom stereocenters. The first-order valence-electron chi connectivity index (χ1n) is 6.77. The molecule has 0 saturated heterocycles. The first-order valence-corrected chi connectivity index (χ1v) is 7.59. The van der Waals surface area contributed by atoms with Crippen molar-refractivity contribution in [2.45, 2.75) is 20.8 Å². The third-order valence-electron chi connectivity index (χ3n) is 3.37. The molecule has 2 heterocycles. The molecule has 0 N–H and O–H groups in total. The molecule has 0 aliphatic rings. The molecule has 0 saturated carbocycles. The number of fused-ring (bicyclic) bond motifs is 3. The van der Waals surface area contributed by atoms with Crippen LogP contribution in [0.15, 0.2) is 23.1 Å². The number of benzene rings is 1. The molecular weight excluding hydrogens is 304 g/mol. The van der Waals surface area contributed by atoms with E-state index in [1.165, 1.54) is 21.9 Å². The molecule has 3 aromatic rings. The second-order valence-electron chi connectivity index (χ2n) is 4.84. The first kappa shape index (κ1) is 14.5. The predicted octanol–water partition coefficient (Wildman–Crippen LogP) is 3.06. The van der Waals surface area contributed by atoms with E-state index in [4.69, 9.17) is 4.74 Å². The molecule has 0 bridgehead atoms. The lowest BCUT2D eigenvalue weighted by atomic mass is 10.1. The van der Waals surface area contributed by atoms with Crippen LogP contribution in [-0.4, -0.2) is 22.1 Å². The summed E-state index contributed by atoms with van der Waals surface area (Å²) in [5, 5.41) is 0. The number of hydrogen-bond acceptors (Lipinski definition) is 6. The third-order valence-corrected chi connectivity index (χ3v) is 4.39. The van der Waals surface area contributed by atoms with Crippen molar-refractivity contribution < 1.29 is 14.3 Å². The number of aryl methyl sites for hydroxylation is 2. The molecule has 22 heavy (non-hydrogen) atoms. The summed E-state index contributed by atoms with van der Waals surface area (Å²) in [6.45, 7) is 5.84. The number of hydrogen-bond donors (Lipinski definition) is 0. The van der Waals surface area contributed by atoms with Crippen molar-refractivity contribution in [3.05, 3.63) is 39.8 Å². The summed E-state index contributed by atoms with van der Waals surface area (Å²) in [4.78, 5) is 28.7. The summed E-state index contributed by atoms with van der Waals surface area (Å²) < 4.78 is 12.0. The minimum atomic E-state index is -0.909. The Morgan fingerprint density at radius 3 is 2.77 bits per heavy atom. The van der Waals surface area contributed by atoms with Crippen LogP contribution in [0.3, 0.4) is 0 Å². The van der Waals surface area contributed by atoms with Crippen LogP contribution in [0.25, 0.3) is 15.2 Å². The Morgan fingerprint density at radius 2 is 2.05 bits per heavy atom. The van der Waals surface area contributed by atoms with E-state index in [1.807, 2.05) is 26.0 Å². The van der Waals surface area contributed by atoms with Crippen LogP contribution >= 0.6 is 11.3 Å². The van der Waals surface area contributed by atoms with E-state index in [2.05, 4.69) is 9.72 Å². The Kier molecular flexibility index (Phi) is 3.58. The van der Waals surface area contributed by atoms with Crippen molar-refractivity contribution in [1.82, 2.24) is 9.38 Å². The average Bonchev–Trinajstić information content (AvgIpc) is 2.81. The molecule has 0 radical (unpaired) electrons. The minimum absolute atomic E-state index is 0.145. The molecule has 114 valence electrons. The van der Waals surface area contributed by atoms with Gasteiger partial charge in [-0.1, -0.05) is 11.3 Å². The van der Waals surface area contributed by atoms with E-state index in [0.29, 0.717) is 4.96 Å². The van der Waals surface area contributed by atoms with Crippen LogP contribution in [-0.2, 0) is 4.74 Å². The van der Waals surface area contributed by atoms with Crippen molar-refractivity contribution in [2.24, 2.45) is 0 Å². The summed E-state index contributed by atoms with van der Waals surface area (Å²) in [5.41, 5.74) is 2.56. The molecule has 1 aromatic carbocycles. The second kappa shape index (κ2) is 5.42. The average molecular weight is 318 g/mol. The molecule has 2 aromatic heterocycles. The van der Waals surface area contributed by atoms with E-state index in [-0.39, 0.29) is 12.4 Å². The van der Waals surface area contributed by atoms with Crippen LogP contribution in [0.4, 0.5) is 4.79 Å². The smallest absolute Gasteiger partial charge is 0.434 e. The molecule has 6 nitrogen and oxygen atoms in total. The highest BCUT2D eigenvalue weighted by Gasteiger charge is 2.15. The molecule has 0 spiro atoms. The summed E-state index contributed by atoms with van der Waals surface area (Å²) in [7, 11) is 0. The summed E-state index contributed by atoms with van der Waals surface area (Å²) in [6, 6.07) is 3.96. The highest BCUT2D eigenvalue weighted by atomic mass is 32.1. The van der Waals surface area contributed by atoms with E-state index < -0.39 is 11.7 Å². The summed E-state index contributed by atoms with van der Waals surface area (Å²) >= 11 is 1.42. The Hall–Kier alpha value is -2.41. The predicted molar refractivity (Wildman–Crippen MR) is 84.0 cm³/mol. The Morgan fingerprint density at radius 1 is 1.32 bits per heavy atom. The highest BCUT2D eigenvalue weighted by Crippen LogP contribution is 2.27. The molecule has 0 unspecified atom stereocenters. The molecule has 0 aliphatic heterocycles. The molecule has 7 heteroatoms. The van der Waals surface area contributed by atoms with E-state index in [0.717, 1.165) is 21.3 Å². The SMILES string of the molecule is CCOC(=O)Oc1cnc2sc3cc(C)c(C)cc3n2c1=O. The fourth-order valence-corrected chi connectivity index (χ4v) is 3.21. The largest absolute Gasteiger partial charge is 0.514 e. The standard InChI is InChI=1S/C15H14N2O4S/c1-4-20-15(19)21-11-7-16-14-17(13(11)18)10-5-8(2)9(3)6-12(10)22-14/h5-7H,4H2,1-3H3. The van der Waals surface area contributed by atoms with E-state index in [9.17, 15) is 9.59 Å². The van der Waals surface area contributed by atoms with Gasteiger partial charge in [-0.15, -0.1) is 0 Å². The molecular formula is C15H14N2O4S. The number of nitrogens with zero attached hydrogens (tertiary/aromatic N) is 2. The second-order valence-corrected chi connectivity index (χ2v) is 5.85. The summed E-state index contributed by atoms with van der Waals surface area (Å²) in [6.07, 6.45) is 0.344. The fraction of sp³-hybridized carbons (Fsp3) is 0.267. The molecule has 3 rings (SSSR count). The van der Waals surface area contributed by atoms with Gasteiger partial charge in [-0.25, -0.2) is 14.2 Å². The van der Waals surface area contributed by atoms with Gasteiger partial charge in [-0.05, 0) is 44.0 Å². The molecule has 0 amide bonds. The maximum Gasteiger partial charge on any atom is 0.514 e. The molecule has 0 aliphatic carbocycles. The van der Waals surface area contributed by atoms with Crippen molar-refractivity contribution in [1.29, 1.82) is 0 Å². The number of thiazole rings is 1. The lowest BCUT2D eigenvalue weighted by Gasteiger charge is -2.04.